The summed E-state index contributed by atoms with van der Waals surface area (Å²) in [7, 11) is 0. The number of carbonyl (C=O) groups excluding carboxylic acids is 2. The van der Waals surface area contributed by atoms with Crippen LogP contribution < -0.4 is 4.74 Å². The Morgan fingerprint density at radius 1 is 0.909 bits per heavy atom. The molecule has 0 radical (unpaired) electrons. The van der Waals surface area contributed by atoms with Crippen LogP contribution in [0.1, 0.15) is 45.5 Å². The van der Waals surface area contributed by atoms with Crippen molar-refractivity contribution >= 4 is 11.6 Å². The number of benzene rings is 2. The van der Waals surface area contributed by atoms with Gasteiger partial charge in [-0.05, 0) is 24.5 Å². The summed E-state index contributed by atoms with van der Waals surface area (Å²) in [5.74, 6) is 0.802. The number of rotatable bonds is 5. The SMILES string of the molecule is O=C(CCC(=O)c1ccc2c(c1)OCCC2)c1ccccc1. The lowest BCUT2D eigenvalue weighted by Gasteiger charge is -2.17. The number of Topliss-reactive ketones (excluding diaryl/α,β-unsaturated/α-hetero) is 2. The van der Waals surface area contributed by atoms with E-state index in [4.69, 9.17) is 4.74 Å². The predicted molar refractivity (Wildman–Crippen MR) is 84.6 cm³/mol. The largest absolute Gasteiger partial charge is 0.493 e. The van der Waals surface area contributed by atoms with Crippen molar-refractivity contribution < 1.29 is 14.3 Å². The molecule has 0 aliphatic carbocycles. The van der Waals surface area contributed by atoms with Crippen LogP contribution in [0.4, 0.5) is 0 Å². The van der Waals surface area contributed by atoms with E-state index >= 15 is 0 Å². The molecule has 1 aliphatic heterocycles. The molecule has 2 aromatic rings. The fourth-order valence-corrected chi connectivity index (χ4v) is 2.65. The van der Waals surface area contributed by atoms with Crippen molar-refractivity contribution in [3.8, 4) is 5.75 Å². The summed E-state index contributed by atoms with van der Waals surface area (Å²) in [5, 5.41) is 0. The van der Waals surface area contributed by atoms with Gasteiger partial charge in [-0.15, -0.1) is 0 Å². The second-order valence-corrected chi connectivity index (χ2v) is 5.49. The molecule has 0 bridgehead atoms. The van der Waals surface area contributed by atoms with Crippen molar-refractivity contribution in [1.82, 2.24) is 0 Å². The van der Waals surface area contributed by atoms with E-state index in [9.17, 15) is 9.59 Å². The first-order valence-corrected chi connectivity index (χ1v) is 7.61. The molecule has 0 saturated heterocycles. The lowest BCUT2D eigenvalue weighted by molar-refractivity contribution is 0.0917. The zero-order valence-corrected chi connectivity index (χ0v) is 12.4. The molecular formula is C19H18O3. The molecule has 0 N–H and O–H groups in total. The van der Waals surface area contributed by atoms with Crippen LogP contribution in [0.3, 0.4) is 0 Å². The van der Waals surface area contributed by atoms with Crippen LogP contribution in [0.5, 0.6) is 5.75 Å². The van der Waals surface area contributed by atoms with Gasteiger partial charge in [0.25, 0.3) is 0 Å². The maximum absolute atomic E-state index is 12.3. The van der Waals surface area contributed by atoms with Crippen LogP contribution in [0.25, 0.3) is 0 Å². The molecule has 0 unspecified atom stereocenters. The summed E-state index contributed by atoms with van der Waals surface area (Å²) in [4.78, 5) is 24.3. The van der Waals surface area contributed by atoms with Crippen molar-refractivity contribution in [3.63, 3.8) is 0 Å². The molecule has 0 amide bonds. The molecule has 3 nitrogen and oxygen atoms in total. The second kappa shape index (κ2) is 6.56. The lowest BCUT2D eigenvalue weighted by atomic mass is 9.98. The third-order valence-electron chi connectivity index (χ3n) is 3.91. The van der Waals surface area contributed by atoms with Crippen molar-refractivity contribution in [3.05, 3.63) is 65.2 Å². The number of ketones is 2. The van der Waals surface area contributed by atoms with Crippen LogP contribution in [0, 0.1) is 0 Å². The molecule has 0 spiro atoms. The van der Waals surface area contributed by atoms with Crippen molar-refractivity contribution in [1.29, 1.82) is 0 Å². The Hall–Kier alpha value is -2.42. The first-order valence-electron chi connectivity index (χ1n) is 7.61. The molecule has 0 fully saturated rings. The minimum absolute atomic E-state index is 0.00293. The molecule has 3 heteroatoms. The van der Waals surface area contributed by atoms with Gasteiger partial charge in [0.1, 0.15) is 5.75 Å². The Morgan fingerprint density at radius 2 is 1.64 bits per heavy atom. The summed E-state index contributed by atoms with van der Waals surface area (Å²) < 4.78 is 5.59. The quantitative estimate of drug-likeness (QED) is 0.786. The van der Waals surface area contributed by atoms with Gasteiger partial charge in [0.2, 0.25) is 0 Å². The highest BCUT2D eigenvalue weighted by atomic mass is 16.5. The van der Waals surface area contributed by atoms with E-state index < -0.39 is 0 Å². The van der Waals surface area contributed by atoms with Crippen LogP contribution in [0.2, 0.25) is 0 Å². The van der Waals surface area contributed by atoms with Gasteiger partial charge in [0.05, 0.1) is 6.61 Å². The smallest absolute Gasteiger partial charge is 0.163 e. The summed E-state index contributed by atoms with van der Waals surface area (Å²) in [6.07, 6.45) is 2.48. The number of fused-ring (bicyclic) bond motifs is 1. The van der Waals surface area contributed by atoms with E-state index in [0.717, 1.165) is 24.2 Å². The van der Waals surface area contributed by atoms with Crippen molar-refractivity contribution in [2.24, 2.45) is 0 Å². The summed E-state index contributed by atoms with van der Waals surface area (Å²) in [5.41, 5.74) is 2.44. The minimum atomic E-state index is -0.0127. The first-order chi connectivity index (χ1) is 10.7. The van der Waals surface area contributed by atoms with Gasteiger partial charge in [0, 0.05) is 24.0 Å². The van der Waals surface area contributed by atoms with Gasteiger partial charge >= 0.3 is 0 Å². The Labute approximate surface area is 129 Å². The highest BCUT2D eigenvalue weighted by Crippen LogP contribution is 2.26. The van der Waals surface area contributed by atoms with Crippen LogP contribution in [0.15, 0.2) is 48.5 Å². The fourth-order valence-electron chi connectivity index (χ4n) is 2.65. The van der Waals surface area contributed by atoms with Gasteiger partial charge in [-0.25, -0.2) is 0 Å². The second-order valence-electron chi connectivity index (χ2n) is 5.49. The van der Waals surface area contributed by atoms with Gasteiger partial charge in [-0.2, -0.15) is 0 Å². The average Bonchev–Trinajstić information content (AvgIpc) is 2.59. The van der Waals surface area contributed by atoms with Gasteiger partial charge in [-0.1, -0.05) is 42.5 Å². The first kappa shape index (κ1) is 14.5. The Bertz CT molecular complexity index is 689. The summed E-state index contributed by atoms with van der Waals surface area (Å²) in [6.45, 7) is 0.705. The van der Waals surface area contributed by atoms with Crippen molar-refractivity contribution in [2.75, 3.05) is 6.61 Å². The van der Waals surface area contributed by atoms with E-state index in [1.807, 2.05) is 36.4 Å². The Morgan fingerprint density at radius 3 is 2.41 bits per heavy atom. The number of hydrogen-bond donors (Lipinski definition) is 0. The third kappa shape index (κ3) is 3.25. The zero-order chi connectivity index (χ0) is 15.4. The lowest BCUT2D eigenvalue weighted by Crippen LogP contribution is -2.10. The Balaban J connectivity index is 1.64. The number of hydrogen-bond acceptors (Lipinski definition) is 3. The molecule has 112 valence electrons. The molecule has 1 heterocycles. The van der Waals surface area contributed by atoms with Gasteiger partial charge in [0.15, 0.2) is 11.6 Å². The molecule has 1 aliphatic rings. The molecule has 2 aromatic carbocycles. The highest BCUT2D eigenvalue weighted by Gasteiger charge is 2.15. The molecule has 3 rings (SSSR count). The van der Waals surface area contributed by atoms with Gasteiger partial charge in [-0.3, -0.25) is 9.59 Å². The number of carbonyl (C=O) groups is 2. The maximum Gasteiger partial charge on any atom is 0.163 e. The third-order valence-corrected chi connectivity index (χ3v) is 3.91. The molecule has 0 saturated carbocycles. The number of ether oxygens (including phenoxy) is 1. The van der Waals surface area contributed by atoms with Crippen LogP contribution in [-0.2, 0) is 6.42 Å². The topological polar surface area (TPSA) is 43.4 Å². The highest BCUT2D eigenvalue weighted by molar-refractivity contribution is 6.02. The van der Waals surface area contributed by atoms with Crippen LogP contribution in [-0.4, -0.2) is 18.2 Å². The van der Waals surface area contributed by atoms with E-state index in [1.165, 1.54) is 0 Å². The van der Waals surface area contributed by atoms with Gasteiger partial charge < -0.3 is 4.74 Å². The standard InChI is InChI=1S/C19H18O3/c20-17(14-5-2-1-3-6-14)10-11-18(21)16-9-8-15-7-4-12-22-19(15)13-16/h1-3,5-6,8-9,13H,4,7,10-12H2. The van der Waals surface area contributed by atoms with Crippen molar-refractivity contribution in [2.45, 2.75) is 25.7 Å². The minimum Gasteiger partial charge on any atom is -0.493 e. The van der Waals surface area contributed by atoms with Crippen LogP contribution >= 0.6 is 0 Å². The molecule has 22 heavy (non-hydrogen) atoms. The zero-order valence-electron chi connectivity index (χ0n) is 12.4. The maximum atomic E-state index is 12.3. The van der Waals surface area contributed by atoms with E-state index in [1.54, 1.807) is 12.1 Å². The summed E-state index contributed by atoms with van der Waals surface area (Å²) in [6, 6.07) is 14.7. The average molecular weight is 294 g/mol. The van der Waals surface area contributed by atoms with E-state index in [2.05, 4.69) is 0 Å². The van der Waals surface area contributed by atoms with E-state index in [0.29, 0.717) is 17.7 Å². The molecular weight excluding hydrogens is 276 g/mol. The molecule has 0 aromatic heterocycles. The van der Waals surface area contributed by atoms with E-state index in [-0.39, 0.29) is 24.4 Å². The summed E-state index contributed by atoms with van der Waals surface area (Å²) >= 11 is 0. The fraction of sp³-hybridized carbons (Fsp3) is 0.263. The predicted octanol–water partition coefficient (Wildman–Crippen LogP) is 3.86. The normalized spacial score (nSPS) is 13.1. The monoisotopic (exact) mass is 294 g/mol. The number of aryl methyl sites for hydroxylation is 1. The Kier molecular flexibility index (Phi) is 4.33. The molecule has 0 atom stereocenters.